The van der Waals surface area contributed by atoms with Crippen molar-refractivity contribution in [2.24, 2.45) is 4.99 Å². The third-order valence-corrected chi connectivity index (χ3v) is 1.47. The molecule has 0 radical (unpaired) electrons. The second-order valence-electron chi connectivity index (χ2n) is 2.44. The number of rotatable bonds is 2. The Balaban J connectivity index is 2.91. The fraction of sp³-hybridized carbons (Fsp3) is 0.375. The Morgan fingerprint density at radius 1 is 1.73 bits per heavy atom. The highest BCUT2D eigenvalue weighted by molar-refractivity contribution is 6.08. The van der Waals surface area contributed by atoms with Crippen molar-refractivity contribution in [2.75, 3.05) is 6.54 Å². The molecule has 0 N–H and O–H groups in total. The van der Waals surface area contributed by atoms with Crippen LogP contribution in [0.4, 0.5) is 8.78 Å². The zero-order valence-electron chi connectivity index (χ0n) is 6.27. The maximum absolute atomic E-state index is 12.6. The second kappa shape index (κ2) is 2.57. The summed E-state index contributed by atoms with van der Waals surface area (Å²) in [6.07, 6.45) is 3.04. The van der Waals surface area contributed by atoms with Crippen LogP contribution in [0.25, 0.3) is 0 Å². The minimum atomic E-state index is -2.84. The largest absolute Gasteiger partial charge is 0.287 e. The smallest absolute Gasteiger partial charge is 0.279 e. The molecule has 0 saturated carbocycles. The fourth-order valence-electron chi connectivity index (χ4n) is 0.996. The van der Waals surface area contributed by atoms with E-state index in [0.29, 0.717) is 12.1 Å². The van der Waals surface area contributed by atoms with Gasteiger partial charge in [0.15, 0.2) is 0 Å². The quantitative estimate of drug-likeness (QED) is 0.582. The number of nitrogens with zero attached hydrogens (tertiary/aromatic N) is 1. The van der Waals surface area contributed by atoms with Gasteiger partial charge >= 0.3 is 0 Å². The second-order valence-corrected chi connectivity index (χ2v) is 2.44. The van der Waals surface area contributed by atoms with Crippen molar-refractivity contribution in [3.63, 3.8) is 0 Å². The van der Waals surface area contributed by atoms with Crippen molar-refractivity contribution in [3.05, 3.63) is 24.3 Å². The molecule has 0 aromatic heterocycles. The normalized spacial score (nSPS) is 17.7. The molecule has 11 heavy (non-hydrogen) atoms. The van der Waals surface area contributed by atoms with E-state index in [9.17, 15) is 8.78 Å². The zero-order chi connectivity index (χ0) is 8.48. The first-order valence-corrected chi connectivity index (χ1v) is 3.31. The molecule has 0 fully saturated rings. The van der Waals surface area contributed by atoms with E-state index in [2.05, 4.69) is 11.6 Å². The van der Waals surface area contributed by atoms with Gasteiger partial charge < -0.3 is 0 Å². The monoisotopic (exact) mass is 157 g/mol. The predicted octanol–water partition coefficient (Wildman–Crippen LogP) is 2.21. The first-order chi connectivity index (χ1) is 5.05. The summed E-state index contributed by atoms with van der Waals surface area (Å²) in [7, 11) is 0. The number of aliphatic imine (C=N–C) groups is 1. The highest BCUT2D eigenvalue weighted by Gasteiger charge is 2.32. The van der Waals surface area contributed by atoms with E-state index >= 15 is 0 Å². The molecule has 1 aliphatic rings. The maximum Gasteiger partial charge on any atom is 0.287 e. The molecule has 1 aliphatic heterocycles. The molecule has 0 atom stereocenters. The van der Waals surface area contributed by atoms with Crippen LogP contribution in [0.5, 0.6) is 0 Å². The van der Waals surface area contributed by atoms with Gasteiger partial charge in [0.1, 0.15) is 5.71 Å². The summed E-state index contributed by atoms with van der Waals surface area (Å²) in [5, 5.41) is 0. The number of halogens is 2. The van der Waals surface area contributed by atoms with Gasteiger partial charge in [-0.15, -0.1) is 0 Å². The molecule has 60 valence electrons. The molecule has 0 amide bonds. The average molecular weight is 157 g/mol. The van der Waals surface area contributed by atoms with Crippen LogP contribution in [0.2, 0.25) is 0 Å². The Morgan fingerprint density at radius 2 is 2.36 bits per heavy atom. The summed E-state index contributed by atoms with van der Waals surface area (Å²) in [4.78, 5) is 3.66. The molecule has 0 saturated heterocycles. The molecule has 1 rings (SSSR count). The topological polar surface area (TPSA) is 12.4 Å². The molecule has 0 bridgehead atoms. The molecule has 0 unspecified atom stereocenters. The van der Waals surface area contributed by atoms with Crippen LogP contribution in [-0.4, -0.2) is 18.2 Å². The lowest BCUT2D eigenvalue weighted by molar-refractivity contribution is 0.101. The standard InChI is InChI=1S/C8H9F2N/c1-3-6-4-5-11-7(6)8(2,9)10/h3-4H,1,5H2,2H3. The molecule has 1 nitrogen and oxygen atoms in total. The summed E-state index contributed by atoms with van der Waals surface area (Å²) in [5.74, 6) is -2.84. The van der Waals surface area contributed by atoms with E-state index in [1.54, 1.807) is 6.08 Å². The van der Waals surface area contributed by atoms with Gasteiger partial charge in [0.25, 0.3) is 5.92 Å². The molecular formula is C8H9F2N. The Kier molecular flexibility index (Phi) is 1.89. The van der Waals surface area contributed by atoms with Crippen LogP contribution in [-0.2, 0) is 0 Å². The first-order valence-electron chi connectivity index (χ1n) is 3.31. The van der Waals surface area contributed by atoms with E-state index in [1.165, 1.54) is 6.08 Å². The van der Waals surface area contributed by atoms with Crippen molar-refractivity contribution in [2.45, 2.75) is 12.8 Å². The van der Waals surface area contributed by atoms with E-state index in [-0.39, 0.29) is 5.71 Å². The van der Waals surface area contributed by atoms with E-state index in [0.717, 1.165) is 6.92 Å². The number of hydrogen-bond acceptors (Lipinski definition) is 1. The minimum Gasteiger partial charge on any atom is -0.279 e. The summed E-state index contributed by atoms with van der Waals surface area (Å²) in [6, 6.07) is 0. The van der Waals surface area contributed by atoms with Crippen molar-refractivity contribution < 1.29 is 8.78 Å². The van der Waals surface area contributed by atoms with Crippen molar-refractivity contribution >= 4 is 5.71 Å². The van der Waals surface area contributed by atoms with Gasteiger partial charge in [0.2, 0.25) is 0 Å². The van der Waals surface area contributed by atoms with Crippen LogP contribution in [0, 0.1) is 0 Å². The third-order valence-electron chi connectivity index (χ3n) is 1.47. The lowest BCUT2D eigenvalue weighted by atomic mass is 10.1. The van der Waals surface area contributed by atoms with Gasteiger partial charge in [-0.25, -0.2) is 0 Å². The summed E-state index contributed by atoms with van der Waals surface area (Å²) >= 11 is 0. The highest BCUT2D eigenvalue weighted by Crippen LogP contribution is 2.23. The highest BCUT2D eigenvalue weighted by atomic mass is 19.3. The van der Waals surface area contributed by atoms with Crippen molar-refractivity contribution in [1.82, 2.24) is 0 Å². The predicted molar refractivity (Wildman–Crippen MR) is 41.2 cm³/mol. The SMILES string of the molecule is C=CC1=CCN=C1C(C)(F)F. The van der Waals surface area contributed by atoms with Crippen LogP contribution >= 0.6 is 0 Å². The van der Waals surface area contributed by atoms with Crippen LogP contribution in [0.1, 0.15) is 6.92 Å². The van der Waals surface area contributed by atoms with Gasteiger partial charge in [-0.05, 0) is 5.57 Å². The number of alkyl halides is 2. The molecular weight excluding hydrogens is 148 g/mol. The van der Waals surface area contributed by atoms with E-state index in [1.807, 2.05) is 0 Å². The van der Waals surface area contributed by atoms with E-state index in [4.69, 9.17) is 0 Å². The van der Waals surface area contributed by atoms with Crippen LogP contribution in [0.15, 0.2) is 29.3 Å². The fourth-order valence-corrected chi connectivity index (χ4v) is 0.996. The zero-order valence-corrected chi connectivity index (χ0v) is 6.27. The van der Waals surface area contributed by atoms with Crippen LogP contribution < -0.4 is 0 Å². The van der Waals surface area contributed by atoms with Gasteiger partial charge in [-0.1, -0.05) is 18.7 Å². The lowest BCUT2D eigenvalue weighted by Crippen LogP contribution is -2.24. The lowest BCUT2D eigenvalue weighted by Gasteiger charge is -2.10. The van der Waals surface area contributed by atoms with Crippen molar-refractivity contribution in [1.29, 1.82) is 0 Å². The summed E-state index contributed by atoms with van der Waals surface area (Å²) in [5.41, 5.74) is 0.310. The van der Waals surface area contributed by atoms with E-state index < -0.39 is 5.92 Å². The molecule has 0 aromatic rings. The Morgan fingerprint density at radius 3 is 2.73 bits per heavy atom. The minimum absolute atomic E-state index is 0.146. The summed E-state index contributed by atoms with van der Waals surface area (Å²) < 4.78 is 25.3. The molecule has 1 heterocycles. The van der Waals surface area contributed by atoms with Gasteiger partial charge in [-0.2, -0.15) is 8.78 Å². The molecule has 0 aromatic carbocycles. The Hall–Kier alpha value is -0.990. The molecule has 3 heteroatoms. The number of hydrogen-bond donors (Lipinski definition) is 0. The van der Waals surface area contributed by atoms with Gasteiger partial charge in [0.05, 0.1) is 6.54 Å². The first kappa shape index (κ1) is 8.11. The summed E-state index contributed by atoms with van der Waals surface area (Å²) in [6.45, 7) is 4.61. The van der Waals surface area contributed by atoms with Crippen molar-refractivity contribution in [3.8, 4) is 0 Å². The Labute approximate surface area is 64.1 Å². The van der Waals surface area contributed by atoms with Gasteiger partial charge in [0, 0.05) is 6.92 Å². The Bertz CT molecular complexity index is 233. The molecule has 0 aliphatic carbocycles. The molecule has 0 spiro atoms. The van der Waals surface area contributed by atoms with Crippen LogP contribution in [0.3, 0.4) is 0 Å². The van der Waals surface area contributed by atoms with Gasteiger partial charge in [-0.3, -0.25) is 4.99 Å². The average Bonchev–Trinajstić information content (AvgIpc) is 2.31. The maximum atomic E-state index is 12.6. The number of allylic oxidation sites excluding steroid dienone is 2. The third kappa shape index (κ3) is 1.53.